The molecule has 0 bridgehead atoms. The van der Waals surface area contributed by atoms with E-state index in [1.807, 2.05) is 0 Å². The van der Waals surface area contributed by atoms with Gasteiger partial charge in [0.25, 0.3) is 0 Å². The lowest BCUT2D eigenvalue weighted by Crippen LogP contribution is -2.58. The first-order valence-corrected chi connectivity index (χ1v) is 6.43. The van der Waals surface area contributed by atoms with Gasteiger partial charge in [-0.3, -0.25) is 4.90 Å². The van der Waals surface area contributed by atoms with Crippen molar-refractivity contribution in [3.05, 3.63) is 0 Å². The molecule has 1 rings (SSSR count). The van der Waals surface area contributed by atoms with Crippen molar-refractivity contribution < 1.29 is 8.42 Å². The van der Waals surface area contributed by atoms with Gasteiger partial charge in [-0.1, -0.05) is 0 Å². The fourth-order valence-corrected chi connectivity index (χ4v) is 3.05. The van der Waals surface area contributed by atoms with Gasteiger partial charge in [-0.05, 0) is 27.7 Å². The van der Waals surface area contributed by atoms with Crippen LogP contribution in [0.4, 0.5) is 0 Å². The van der Waals surface area contributed by atoms with E-state index in [1.165, 1.54) is 0 Å². The molecule has 0 saturated carbocycles. The second-order valence-corrected chi connectivity index (χ2v) is 7.09. The maximum atomic E-state index is 11.7. The molecule has 1 saturated heterocycles. The third-order valence-electron chi connectivity index (χ3n) is 2.73. The summed E-state index contributed by atoms with van der Waals surface area (Å²) in [6.07, 6.45) is 0. The highest BCUT2D eigenvalue weighted by atomic mass is 32.2. The summed E-state index contributed by atoms with van der Waals surface area (Å²) in [7, 11) is -2.85. The van der Waals surface area contributed by atoms with Crippen LogP contribution in [0, 0.1) is 0 Å². The largest absolute Gasteiger partial charge is 0.298 e. The van der Waals surface area contributed by atoms with Gasteiger partial charge in [-0.2, -0.15) is 0 Å². The summed E-state index contributed by atoms with van der Waals surface area (Å²) >= 11 is 0. The zero-order valence-corrected chi connectivity index (χ0v) is 9.63. The van der Waals surface area contributed by atoms with Gasteiger partial charge in [0.05, 0.1) is 10.5 Å². The zero-order valence-electron chi connectivity index (χ0n) is 8.82. The molecule has 4 heteroatoms. The van der Waals surface area contributed by atoms with Gasteiger partial charge in [0.1, 0.15) is 0 Å². The molecule has 78 valence electrons. The van der Waals surface area contributed by atoms with Crippen molar-refractivity contribution in [2.75, 3.05) is 13.1 Å². The predicted molar refractivity (Wildman–Crippen MR) is 54.6 cm³/mol. The van der Waals surface area contributed by atoms with E-state index in [2.05, 4.69) is 18.7 Å². The Labute approximate surface area is 81.0 Å². The van der Waals surface area contributed by atoms with Crippen LogP contribution in [0.15, 0.2) is 0 Å². The van der Waals surface area contributed by atoms with Crippen molar-refractivity contribution in [3.8, 4) is 0 Å². The van der Waals surface area contributed by atoms with Crippen LogP contribution in [0.1, 0.15) is 27.7 Å². The molecular weight excluding hydrogens is 186 g/mol. The lowest BCUT2D eigenvalue weighted by Gasteiger charge is -2.42. The minimum atomic E-state index is -2.85. The highest BCUT2D eigenvalue weighted by Gasteiger charge is 2.39. The SMILES string of the molecule is CC(C)N1CC(S(=O)(=O)C(C)C)C1. The van der Waals surface area contributed by atoms with Crippen LogP contribution >= 0.6 is 0 Å². The molecule has 0 atom stereocenters. The fourth-order valence-electron chi connectivity index (χ4n) is 1.48. The first kappa shape index (κ1) is 11.0. The van der Waals surface area contributed by atoms with E-state index in [9.17, 15) is 8.42 Å². The molecule has 3 nitrogen and oxygen atoms in total. The number of nitrogens with zero attached hydrogens (tertiary/aromatic N) is 1. The van der Waals surface area contributed by atoms with Gasteiger partial charge in [-0.15, -0.1) is 0 Å². The van der Waals surface area contributed by atoms with Crippen molar-refractivity contribution in [2.24, 2.45) is 0 Å². The van der Waals surface area contributed by atoms with Crippen molar-refractivity contribution >= 4 is 9.84 Å². The van der Waals surface area contributed by atoms with E-state index < -0.39 is 9.84 Å². The topological polar surface area (TPSA) is 37.4 Å². The molecule has 0 radical (unpaired) electrons. The minimum Gasteiger partial charge on any atom is -0.298 e. The van der Waals surface area contributed by atoms with Crippen molar-refractivity contribution in [2.45, 2.75) is 44.2 Å². The van der Waals surface area contributed by atoms with Crippen LogP contribution in [0.25, 0.3) is 0 Å². The molecule has 0 unspecified atom stereocenters. The number of rotatable bonds is 3. The Morgan fingerprint density at radius 2 is 1.62 bits per heavy atom. The number of sulfone groups is 1. The van der Waals surface area contributed by atoms with Gasteiger partial charge in [0.2, 0.25) is 0 Å². The minimum absolute atomic E-state index is 0.116. The smallest absolute Gasteiger partial charge is 0.157 e. The van der Waals surface area contributed by atoms with Gasteiger partial charge in [0.15, 0.2) is 9.84 Å². The Bertz CT molecular complexity index is 263. The number of hydrogen-bond donors (Lipinski definition) is 0. The van der Waals surface area contributed by atoms with Crippen LogP contribution in [0.2, 0.25) is 0 Å². The van der Waals surface area contributed by atoms with Crippen molar-refractivity contribution in [1.82, 2.24) is 4.90 Å². The lowest BCUT2D eigenvalue weighted by atomic mass is 10.1. The summed E-state index contributed by atoms with van der Waals surface area (Å²) in [4.78, 5) is 2.19. The Morgan fingerprint density at radius 1 is 1.15 bits per heavy atom. The first-order chi connectivity index (χ1) is 5.85. The summed E-state index contributed by atoms with van der Waals surface area (Å²) in [6.45, 7) is 9.15. The molecule has 1 fully saturated rings. The van der Waals surface area contributed by atoms with Gasteiger partial charge in [0, 0.05) is 19.1 Å². The number of likely N-dealkylation sites (tertiary alicyclic amines) is 1. The van der Waals surface area contributed by atoms with E-state index in [1.54, 1.807) is 13.8 Å². The summed E-state index contributed by atoms with van der Waals surface area (Å²) in [5, 5.41) is -0.346. The van der Waals surface area contributed by atoms with Gasteiger partial charge >= 0.3 is 0 Å². The lowest BCUT2D eigenvalue weighted by molar-refractivity contribution is 0.142. The predicted octanol–water partition coefficient (Wildman–Crippen LogP) is 0.902. The zero-order chi connectivity index (χ0) is 10.2. The Balaban J connectivity index is 2.53. The molecule has 0 N–H and O–H groups in total. The van der Waals surface area contributed by atoms with E-state index >= 15 is 0 Å². The second kappa shape index (κ2) is 3.58. The molecule has 1 aliphatic rings. The molecule has 0 spiro atoms. The van der Waals surface area contributed by atoms with E-state index in [4.69, 9.17) is 0 Å². The summed E-state index contributed by atoms with van der Waals surface area (Å²) in [6, 6.07) is 0.471. The number of hydrogen-bond acceptors (Lipinski definition) is 3. The third-order valence-corrected chi connectivity index (χ3v) is 5.27. The van der Waals surface area contributed by atoms with E-state index in [0.717, 1.165) is 13.1 Å². The van der Waals surface area contributed by atoms with Gasteiger partial charge in [-0.25, -0.2) is 8.42 Å². The molecule has 0 aliphatic carbocycles. The van der Waals surface area contributed by atoms with Crippen LogP contribution in [-0.4, -0.2) is 42.9 Å². The summed E-state index contributed by atoms with van der Waals surface area (Å²) < 4.78 is 23.3. The third kappa shape index (κ3) is 2.05. The monoisotopic (exact) mass is 205 g/mol. The quantitative estimate of drug-likeness (QED) is 0.687. The Kier molecular flexibility index (Phi) is 3.02. The highest BCUT2D eigenvalue weighted by molar-refractivity contribution is 7.92. The van der Waals surface area contributed by atoms with Crippen molar-refractivity contribution in [3.63, 3.8) is 0 Å². The Morgan fingerprint density at radius 3 is 1.92 bits per heavy atom. The molecular formula is C9H19NO2S. The van der Waals surface area contributed by atoms with Crippen LogP contribution in [-0.2, 0) is 9.84 Å². The maximum Gasteiger partial charge on any atom is 0.157 e. The summed E-state index contributed by atoms with van der Waals surface area (Å²) in [5.74, 6) is 0. The molecule has 1 aliphatic heterocycles. The van der Waals surface area contributed by atoms with E-state index in [-0.39, 0.29) is 10.5 Å². The van der Waals surface area contributed by atoms with Crippen LogP contribution in [0.3, 0.4) is 0 Å². The van der Waals surface area contributed by atoms with Crippen LogP contribution in [0.5, 0.6) is 0 Å². The second-order valence-electron chi connectivity index (χ2n) is 4.31. The molecule has 1 heterocycles. The molecule has 0 aromatic rings. The highest BCUT2D eigenvalue weighted by Crippen LogP contribution is 2.21. The fraction of sp³-hybridized carbons (Fsp3) is 1.00. The summed E-state index contributed by atoms with van der Waals surface area (Å²) in [5.41, 5.74) is 0. The molecule has 0 amide bonds. The van der Waals surface area contributed by atoms with Gasteiger partial charge < -0.3 is 0 Å². The maximum absolute atomic E-state index is 11.7. The molecule has 13 heavy (non-hydrogen) atoms. The average molecular weight is 205 g/mol. The normalized spacial score (nSPS) is 21.1. The standard InChI is InChI=1S/C9H19NO2S/c1-7(2)10-5-9(6-10)13(11,12)8(3)4/h7-9H,5-6H2,1-4H3. The molecule has 0 aromatic carbocycles. The van der Waals surface area contributed by atoms with E-state index in [0.29, 0.717) is 6.04 Å². The van der Waals surface area contributed by atoms with Crippen molar-refractivity contribution in [1.29, 1.82) is 0 Å². The van der Waals surface area contributed by atoms with Crippen LogP contribution < -0.4 is 0 Å². The molecule has 0 aromatic heterocycles. The Hall–Kier alpha value is -0.0900. The first-order valence-electron chi connectivity index (χ1n) is 4.82. The average Bonchev–Trinajstić information content (AvgIpc) is 1.80.